The highest BCUT2D eigenvalue weighted by Gasteiger charge is 2.12. The van der Waals surface area contributed by atoms with Crippen LogP contribution in [0.1, 0.15) is 23.6 Å². The van der Waals surface area contributed by atoms with Crippen molar-refractivity contribution in [1.82, 2.24) is 5.32 Å². The van der Waals surface area contributed by atoms with Crippen molar-refractivity contribution in [2.75, 3.05) is 13.7 Å². The maximum atomic E-state index is 12.9. The van der Waals surface area contributed by atoms with Crippen LogP contribution in [0.4, 0.5) is 4.39 Å². The Balaban J connectivity index is 0.00000312. The molecule has 0 amide bonds. The predicted octanol–water partition coefficient (Wildman–Crippen LogP) is 4.67. The van der Waals surface area contributed by atoms with Crippen molar-refractivity contribution in [3.8, 4) is 11.5 Å². The van der Waals surface area contributed by atoms with E-state index in [-0.39, 0.29) is 18.2 Å². The van der Waals surface area contributed by atoms with Gasteiger partial charge in [0.05, 0.1) is 13.7 Å². The fourth-order valence-electron chi connectivity index (χ4n) is 2.55. The summed E-state index contributed by atoms with van der Waals surface area (Å²) >= 11 is 0. The van der Waals surface area contributed by atoms with Crippen LogP contribution >= 0.6 is 12.4 Å². The molecular weight excluding hydrogens is 341 g/mol. The molecule has 25 heavy (non-hydrogen) atoms. The predicted molar refractivity (Wildman–Crippen MR) is 102 cm³/mol. The van der Waals surface area contributed by atoms with Crippen molar-refractivity contribution in [3.05, 3.63) is 71.6 Å². The molecule has 0 aliphatic rings. The third-order valence-corrected chi connectivity index (χ3v) is 3.64. The van der Waals surface area contributed by atoms with Crippen LogP contribution in [0.15, 0.2) is 49.1 Å². The second-order valence-corrected chi connectivity index (χ2v) is 5.44. The van der Waals surface area contributed by atoms with Crippen molar-refractivity contribution in [2.24, 2.45) is 0 Å². The van der Waals surface area contributed by atoms with E-state index >= 15 is 0 Å². The first-order valence-electron chi connectivity index (χ1n) is 8.06. The molecule has 0 aliphatic carbocycles. The number of rotatable bonds is 9. The summed E-state index contributed by atoms with van der Waals surface area (Å²) < 4.78 is 24.1. The minimum absolute atomic E-state index is 0. The molecule has 0 saturated heterocycles. The zero-order valence-corrected chi connectivity index (χ0v) is 15.5. The van der Waals surface area contributed by atoms with E-state index in [0.717, 1.165) is 34.6 Å². The Labute approximate surface area is 155 Å². The van der Waals surface area contributed by atoms with Crippen LogP contribution in [-0.4, -0.2) is 13.7 Å². The molecule has 0 saturated carbocycles. The number of methoxy groups -OCH3 is 1. The summed E-state index contributed by atoms with van der Waals surface area (Å²) in [6, 6.07) is 10.6. The zero-order valence-electron chi connectivity index (χ0n) is 14.7. The minimum Gasteiger partial charge on any atom is -0.493 e. The van der Waals surface area contributed by atoms with Gasteiger partial charge < -0.3 is 14.8 Å². The largest absolute Gasteiger partial charge is 0.493 e. The van der Waals surface area contributed by atoms with Gasteiger partial charge in [0.15, 0.2) is 11.5 Å². The topological polar surface area (TPSA) is 30.5 Å². The number of benzene rings is 2. The molecule has 3 nitrogen and oxygen atoms in total. The molecule has 1 N–H and O–H groups in total. The summed E-state index contributed by atoms with van der Waals surface area (Å²) in [5.41, 5.74) is 3.21. The quantitative estimate of drug-likeness (QED) is 0.655. The van der Waals surface area contributed by atoms with Gasteiger partial charge in [0.1, 0.15) is 5.82 Å². The van der Waals surface area contributed by atoms with Gasteiger partial charge in [0.2, 0.25) is 0 Å². The maximum absolute atomic E-state index is 12.9. The van der Waals surface area contributed by atoms with Crippen LogP contribution in [0.25, 0.3) is 0 Å². The summed E-state index contributed by atoms with van der Waals surface area (Å²) in [6.45, 7) is 7.71. The molecule has 0 aromatic heterocycles. The average Bonchev–Trinajstić information content (AvgIpc) is 2.59. The molecule has 0 spiro atoms. The number of ether oxygens (including phenoxy) is 2. The highest BCUT2D eigenvalue weighted by atomic mass is 35.5. The minimum atomic E-state index is -0.218. The zero-order chi connectivity index (χ0) is 17.4. The van der Waals surface area contributed by atoms with Crippen molar-refractivity contribution in [3.63, 3.8) is 0 Å². The third-order valence-electron chi connectivity index (χ3n) is 3.64. The molecule has 0 aliphatic heterocycles. The first kappa shape index (κ1) is 21.0. The number of hydrogen-bond donors (Lipinski definition) is 1. The van der Waals surface area contributed by atoms with Gasteiger partial charge in [-0.15, -0.1) is 19.0 Å². The lowest BCUT2D eigenvalue weighted by Gasteiger charge is -2.16. The molecule has 0 radical (unpaired) electrons. The van der Waals surface area contributed by atoms with E-state index in [4.69, 9.17) is 9.47 Å². The molecule has 2 aromatic rings. The van der Waals surface area contributed by atoms with E-state index < -0.39 is 0 Å². The number of allylic oxidation sites excluding steroid dienone is 1. The molecule has 136 valence electrons. The van der Waals surface area contributed by atoms with Crippen LogP contribution in [0.5, 0.6) is 11.5 Å². The molecular formula is C20H25ClFNO2. The number of nitrogens with one attached hydrogen (secondary N) is 1. The summed E-state index contributed by atoms with van der Waals surface area (Å²) in [5.74, 6) is 1.29. The van der Waals surface area contributed by atoms with Gasteiger partial charge in [-0.05, 0) is 42.7 Å². The summed E-state index contributed by atoms with van der Waals surface area (Å²) in [5, 5.41) is 3.36. The van der Waals surface area contributed by atoms with Crippen LogP contribution in [0, 0.1) is 5.82 Å². The first-order valence-corrected chi connectivity index (χ1v) is 8.06. The Hall–Kier alpha value is -2.04. The summed E-state index contributed by atoms with van der Waals surface area (Å²) in [4.78, 5) is 0. The Morgan fingerprint density at radius 2 is 1.80 bits per heavy atom. The lowest BCUT2D eigenvalue weighted by molar-refractivity contribution is 0.308. The Bertz CT molecular complexity index is 674. The lowest BCUT2D eigenvalue weighted by atomic mass is 10.1. The Kier molecular flexibility index (Phi) is 9.03. The summed E-state index contributed by atoms with van der Waals surface area (Å²) in [7, 11) is 1.64. The SMILES string of the molecule is C=CCc1cc(CNCc2ccc(F)cc2)cc(OC)c1OCC.Cl. The smallest absolute Gasteiger partial charge is 0.164 e. The van der Waals surface area contributed by atoms with Crippen LogP contribution in [0.3, 0.4) is 0 Å². The standard InChI is InChI=1S/C20H24FNO2.ClH/c1-4-6-17-11-16(12-19(23-3)20(17)24-5-2)14-22-13-15-7-9-18(21)10-8-15;/h4,7-12,22H,1,5-6,13-14H2,2-3H3;1H. The molecule has 0 bridgehead atoms. The Morgan fingerprint density at radius 1 is 1.12 bits per heavy atom. The molecule has 0 heterocycles. The van der Waals surface area contributed by atoms with E-state index in [1.54, 1.807) is 19.2 Å². The highest BCUT2D eigenvalue weighted by Crippen LogP contribution is 2.33. The molecule has 2 aromatic carbocycles. The van der Waals surface area contributed by atoms with Crippen molar-refractivity contribution >= 4 is 12.4 Å². The van der Waals surface area contributed by atoms with Crippen LogP contribution < -0.4 is 14.8 Å². The average molecular weight is 366 g/mol. The second-order valence-electron chi connectivity index (χ2n) is 5.44. The monoisotopic (exact) mass is 365 g/mol. The number of hydrogen-bond acceptors (Lipinski definition) is 3. The van der Waals surface area contributed by atoms with Crippen LogP contribution in [0.2, 0.25) is 0 Å². The maximum Gasteiger partial charge on any atom is 0.164 e. The van der Waals surface area contributed by atoms with Gasteiger partial charge in [-0.3, -0.25) is 0 Å². The van der Waals surface area contributed by atoms with E-state index in [1.807, 2.05) is 19.1 Å². The van der Waals surface area contributed by atoms with E-state index in [1.165, 1.54) is 12.1 Å². The van der Waals surface area contributed by atoms with Gasteiger partial charge in [0, 0.05) is 18.7 Å². The van der Waals surface area contributed by atoms with E-state index in [9.17, 15) is 4.39 Å². The fraction of sp³-hybridized carbons (Fsp3) is 0.300. The van der Waals surface area contributed by atoms with Crippen molar-refractivity contribution < 1.29 is 13.9 Å². The fourth-order valence-corrected chi connectivity index (χ4v) is 2.55. The van der Waals surface area contributed by atoms with Gasteiger partial charge in [-0.2, -0.15) is 0 Å². The second kappa shape index (κ2) is 10.7. The Morgan fingerprint density at radius 3 is 2.40 bits per heavy atom. The lowest BCUT2D eigenvalue weighted by Crippen LogP contribution is -2.13. The molecule has 0 unspecified atom stereocenters. The molecule has 0 atom stereocenters. The molecule has 5 heteroatoms. The van der Waals surface area contributed by atoms with Gasteiger partial charge in [-0.25, -0.2) is 4.39 Å². The highest BCUT2D eigenvalue weighted by molar-refractivity contribution is 5.85. The van der Waals surface area contributed by atoms with Crippen LogP contribution in [-0.2, 0) is 19.5 Å². The van der Waals surface area contributed by atoms with E-state index in [0.29, 0.717) is 19.7 Å². The van der Waals surface area contributed by atoms with Gasteiger partial charge in [0.25, 0.3) is 0 Å². The first-order chi connectivity index (χ1) is 11.7. The number of halogens is 2. The van der Waals surface area contributed by atoms with Crippen molar-refractivity contribution in [2.45, 2.75) is 26.4 Å². The van der Waals surface area contributed by atoms with Crippen molar-refractivity contribution in [1.29, 1.82) is 0 Å². The normalized spacial score (nSPS) is 10.0. The van der Waals surface area contributed by atoms with Gasteiger partial charge >= 0.3 is 0 Å². The third kappa shape index (κ3) is 6.07. The summed E-state index contributed by atoms with van der Waals surface area (Å²) in [6.07, 6.45) is 2.57. The van der Waals surface area contributed by atoms with E-state index in [2.05, 4.69) is 18.0 Å². The molecule has 2 rings (SSSR count). The molecule has 0 fully saturated rings. The van der Waals surface area contributed by atoms with Gasteiger partial charge in [-0.1, -0.05) is 24.3 Å².